The van der Waals surface area contributed by atoms with Gasteiger partial charge in [-0.05, 0) is 114 Å². The second-order valence-electron chi connectivity index (χ2n) is 16.4. The Labute approximate surface area is 358 Å². The Morgan fingerprint density at radius 1 is 1.07 bits per heavy atom. The van der Waals surface area contributed by atoms with Gasteiger partial charge in [-0.25, -0.2) is 29.5 Å². The summed E-state index contributed by atoms with van der Waals surface area (Å²) in [6.45, 7) is 12.9. The van der Waals surface area contributed by atoms with Crippen molar-refractivity contribution < 1.29 is 32.4 Å². The number of hydrogen-bond acceptors (Lipinski definition) is 12. The van der Waals surface area contributed by atoms with E-state index in [9.17, 15) is 18.6 Å². The Balaban J connectivity index is 1.15. The van der Waals surface area contributed by atoms with Gasteiger partial charge in [-0.1, -0.05) is 42.5 Å². The van der Waals surface area contributed by atoms with Crippen molar-refractivity contribution in [2.24, 2.45) is 10.7 Å². The number of benzene rings is 3. The maximum atomic E-state index is 14.3. The SMILES string of the molecule is COc1cc(C)c(S(=O)ONC(N)=NCCCC(NC(=O)[C@@H]2CCN3CC[C@](Cc4ccccc4)(NC(=O)OC(C)(C)C)CN23)C(=O)c2nc3ccccc3s2)c(C)c1C. The number of nitrogens with one attached hydrogen (secondary N) is 3. The number of aryl methyl sites for hydroxylation is 1. The second kappa shape index (κ2) is 19.2. The average Bonchev–Trinajstić information content (AvgIpc) is 3.83. The summed E-state index contributed by atoms with van der Waals surface area (Å²) in [4.78, 5) is 51.2. The molecule has 0 radical (unpaired) electrons. The van der Waals surface area contributed by atoms with Crippen molar-refractivity contribution in [2.75, 3.05) is 33.3 Å². The van der Waals surface area contributed by atoms with Crippen LogP contribution in [0.1, 0.15) is 78.5 Å². The van der Waals surface area contributed by atoms with Gasteiger partial charge in [0, 0.05) is 26.2 Å². The van der Waals surface area contributed by atoms with Crippen LogP contribution in [0, 0.1) is 20.8 Å². The number of amides is 2. The summed E-state index contributed by atoms with van der Waals surface area (Å²) in [6, 6.07) is 17.8. The molecule has 15 nitrogen and oxygen atoms in total. The van der Waals surface area contributed by atoms with Gasteiger partial charge in [-0.2, -0.15) is 4.28 Å². The zero-order chi connectivity index (χ0) is 43.2. The van der Waals surface area contributed by atoms with Gasteiger partial charge in [0.2, 0.25) is 28.7 Å². The molecule has 5 N–H and O–H groups in total. The Morgan fingerprint density at radius 3 is 2.52 bits per heavy atom. The first-order chi connectivity index (χ1) is 28.6. The Hall–Kier alpha value is -4.94. The molecule has 4 atom stereocenters. The quantitative estimate of drug-likeness (QED) is 0.0390. The minimum absolute atomic E-state index is 0.0860. The number of hydroxylamine groups is 1. The lowest BCUT2D eigenvalue weighted by Gasteiger charge is -2.47. The number of fused-ring (bicyclic) bond motifs is 2. The van der Waals surface area contributed by atoms with Crippen LogP contribution >= 0.6 is 11.3 Å². The van der Waals surface area contributed by atoms with E-state index in [1.54, 1.807) is 13.2 Å². The highest BCUT2D eigenvalue weighted by Crippen LogP contribution is 2.33. The minimum Gasteiger partial charge on any atom is -0.496 e. The number of hydrazine groups is 1. The van der Waals surface area contributed by atoms with Crippen LogP contribution in [0.5, 0.6) is 5.75 Å². The highest BCUT2D eigenvalue weighted by molar-refractivity contribution is 7.80. The predicted molar refractivity (Wildman–Crippen MR) is 233 cm³/mol. The van der Waals surface area contributed by atoms with Gasteiger partial charge in [0.05, 0.1) is 33.8 Å². The smallest absolute Gasteiger partial charge is 0.408 e. The van der Waals surface area contributed by atoms with Crippen LogP contribution in [0.2, 0.25) is 0 Å². The molecule has 0 aliphatic carbocycles. The van der Waals surface area contributed by atoms with Crippen LogP contribution in [0.3, 0.4) is 0 Å². The molecular weight excluding hydrogens is 805 g/mol. The molecule has 60 heavy (non-hydrogen) atoms. The molecule has 2 unspecified atom stereocenters. The zero-order valence-electron chi connectivity index (χ0n) is 35.3. The lowest BCUT2D eigenvalue weighted by atomic mass is 9.85. The number of carbonyl (C=O) groups excluding carboxylic acids is 3. The van der Waals surface area contributed by atoms with Gasteiger partial charge in [-0.15, -0.1) is 11.3 Å². The van der Waals surface area contributed by atoms with Crippen molar-refractivity contribution in [3.63, 3.8) is 0 Å². The van der Waals surface area contributed by atoms with Crippen LogP contribution in [-0.2, 0) is 31.3 Å². The van der Waals surface area contributed by atoms with Crippen molar-refractivity contribution in [1.29, 1.82) is 0 Å². The molecule has 0 bridgehead atoms. The van der Waals surface area contributed by atoms with Gasteiger partial charge in [-0.3, -0.25) is 14.6 Å². The standard InChI is InChI=1S/C43H56N8O7S2/c1-27-24-34(56-7)28(2)29(3)37(27)60(55)58-49-40(44)45-21-13-17-32(36(52)39-47-31-16-11-12-18-35(31)59-39)46-38(53)33-19-22-50-23-20-43(26-51(33)50,25-30-14-9-8-10-15-30)48-41(54)57-42(4,5)6/h8-12,14-16,18,24,32-33H,13,17,19-23,25-26H2,1-7H3,(H,46,53)(H,48,54)(H3,44,45,49)/t32?,33-,43+,60?/m0/s1. The molecule has 0 spiro atoms. The molecule has 1 aromatic heterocycles. The second-order valence-corrected chi connectivity index (χ2v) is 18.5. The molecule has 17 heteroatoms. The summed E-state index contributed by atoms with van der Waals surface area (Å²) in [5.74, 6) is 0.0280. The molecule has 322 valence electrons. The molecule has 2 amide bonds. The fourth-order valence-electron chi connectivity index (χ4n) is 7.79. The summed E-state index contributed by atoms with van der Waals surface area (Å²) in [7, 11) is 1.59. The van der Waals surface area contributed by atoms with E-state index in [0.717, 1.165) is 27.0 Å². The van der Waals surface area contributed by atoms with E-state index in [4.69, 9.17) is 19.5 Å². The largest absolute Gasteiger partial charge is 0.496 e. The number of nitrogens with zero attached hydrogens (tertiary/aromatic N) is 4. The van der Waals surface area contributed by atoms with E-state index in [0.29, 0.717) is 66.5 Å². The maximum absolute atomic E-state index is 14.3. The fraction of sp³-hybridized carbons (Fsp3) is 0.465. The summed E-state index contributed by atoms with van der Waals surface area (Å²) in [5.41, 5.74) is 11.3. The minimum atomic E-state index is -1.89. The van der Waals surface area contributed by atoms with Crippen molar-refractivity contribution in [3.8, 4) is 5.75 Å². The number of aliphatic imine (C=N–C) groups is 1. The Bertz CT molecular complexity index is 2210. The summed E-state index contributed by atoms with van der Waals surface area (Å²) in [6.07, 6.45) is 1.87. The van der Waals surface area contributed by atoms with Crippen molar-refractivity contribution in [3.05, 3.63) is 87.9 Å². The van der Waals surface area contributed by atoms with Crippen molar-refractivity contribution >= 4 is 56.4 Å². The molecule has 2 aliphatic heterocycles. The van der Waals surface area contributed by atoms with Gasteiger partial charge in [0.15, 0.2) is 5.01 Å². The third kappa shape index (κ3) is 10.9. The predicted octanol–water partition coefficient (Wildman–Crippen LogP) is 5.44. The van der Waals surface area contributed by atoms with E-state index in [2.05, 4.69) is 31.1 Å². The van der Waals surface area contributed by atoms with Crippen LogP contribution < -0.4 is 26.6 Å². The van der Waals surface area contributed by atoms with Crippen molar-refractivity contribution in [1.82, 2.24) is 31.1 Å². The van der Waals surface area contributed by atoms with Gasteiger partial charge in [0.25, 0.3) is 0 Å². The van der Waals surface area contributed by atoms with E-state index >= 15 is 0 Å². The van der Waals surface area contributed by atoms with E-state index in [-0.39, 0.29) is 30.6 Å². The number of aromatic nitrogens is 1. The first-order valence-corrected chi connectivity index (χ1v) is 22.0. The number of hydrogen-bond donors (Lipinski definition) is 4. The van der Waals surface area contributed by atoms with Crippen LogP contribution in [-0.4, -0.2) is 99.5 Å². The topological polar surface area (TPSA) is 190 Å². The summed E-state index contributed by atoms with van der Waals surface area (Å²) < 4.78 is 30.5. The monoisotopic (exact) mass is 860 g/mol. The van der Waals surface area contributed by atoms with E-state index < -0.39 is 40.4 Å². The number of thiazole rings is 1. The number of ether oxygens (including phenoxy) is 2. The lowest BCUT2D eigenvalue weighted by Crippen LogP contribution is -2.66. The number of para-hydroxylation sites is 1. The number of methoxy groups -OCH3 is 1. The van der Waals surface area contributed by atoms with Crippen LogP contribution in [0.15, 0.2) is 70.6 Å². The van der Waals surface area contributed by atoms with Gasteiger partial charge >= 0.3 is 6.09 Å². The number of rotatable bonds is 15. The molecule has 2 saturated heterocycles. The van der Waals surface area contributed by atoms with Gasteiger partial charge in [0.1, 0.15) is 17.4 Å². The summed E-state index contributed by atoms with van der Waals surface area (Å²) in [5, 5.41) is 10.8. The molecule has 6 rings (SSSR count). The zero-order valence-corrected chi connectivity index (χ0v) is 37.0. The number of nitrogens with two attached hydrogens (primary N) is 1. The average molecular weight is 861 g/mol. The van der Waals surface area contributed by atoms with Crippen LogP contribution in [0.4, 0.5) is 4.79 Å². The Kier molecular flexibility index (Phi) is 14.3. The number of ketones is 1. The van der Waals surface area contributed by atoms with E-state index in [1.807, 2.05) is 101 Å². The highest BCUT2D eigenvalue weighted by atomic mass is 32.2. The third-order valence-electron chi connectivity index (χ3n) is 10.8. The van der Waals surface area contributed by atoms with E-state index in [1.165, 1.54) is 11.3 Å². The molecule has 0 saturated carbocycles. The molecule has 4 aromatic rings. The van der Waals surface area contributed by atoms with Crippen LogP contribution in [0.25, 0.3) is 10.2 Å². The number of guanidine groups is 1. The first kappa shape index (κ1) is 44.6. The molecular formula is C43H56N8O7S2. The molecule has 3 heterocycles. The maximum Gasteiger partial charge on any atom is 0.408 e. The summed E-state index contributed by atoms with van der Waals surface area (Å²) >= 11 is -0.606. The van der Waals surface area contributed by atoms with Crippen molar-refractivity contribution in [2.45, 2.75) is 102 Å². The fourth-order valence-corrected chi connectivity index (χ4v) is 9.72. The molecule has 2 aliphatic rings. The number of alkyl carbamates (subject to hydrolysis) is 1. The molecule has 3 aromatic carbocycles. The highest BCUT2D eigenvalue weighted by Gasteiger charge is 2.48. The lowest BCUT2D eigenvalue weighted by molar-refractivity contribution is -0.135. The van der Waals surface area contributed by atoms with Gasteiger partial charge < -0.3 is 25.8 Å². The number of carbonyl (C=O) groups is 3. The number of Topliss-reactive ketones (excluding diaryl/α,β-unsaturated/α-hetero) is 1. The normalized spacial score (nSPS) is 19.6. The molecule has 2 fully saturated rings. The first-order valence-electron chi connectivity index (χ1n) is 20.1. The Morgan fingerprint density at radius 2 is 1.80 bits per heavy atom. The third-order valence-corrected chi connectivity index (χ3v) is 13.1.